The lowest BCUT2D eigenvalue weighted by Gasteiger charge is -2.35. The predicted octanol–water partition coefficient (Wildman–Crippen LogP) is 4.07. The average Bonchev–Trinajstić information content (AvgIpc) is 3.28. The molecule has 1 unspecified atom stereocenters. The zero-order valence-electron chi connectivity index (χ0n) is 15.5. The topological polar surface area (TPSA) is 53.9 Å². The van der Waals surface area contributed by atoms with Gasteiger partial charge in [0.2, 0.25) is 0 Å². The molecule has 26 heavy (non-hydrogen) atoms. The second-order valence-corrected chi connectivity index (χ2v) is 7.38. The number of fused-ring (bicyclic) bond motifs is 1. The zero-order chi connectivity index (χ0) is 18.1. The minimum atomic E-state index is 0.140. The lowest BCUT2D eigenvalue weighted by Crippen LogP contribution is -2.44. The van der Waals surface area contributed by atoms with Gasteiger partial charge < -0.3 is 9.88 Å². The summed E-state index contributed by atoms with van der Waals surface area (Å²) in [5.74, 6) is 0.140. The molecular weight excluding hydrogens is 324 g/mol. The molecule has 1 amide bonds. The van der Waals surface area contributed by atoms with Gasteiger partial charge in [-0.15, -0.1) is 0 Å². The van der Waals surface area contributed by atoms with Crippen molar-refractivity contribution in [1.29, 1.82) is 0 Å². The van der Waals surface area contributed by atoms with Gasteiger partial charge in [-0.2, -0.15) is 5.10 Å². The molecule has 1 fully saturated rings. The number of carbonyl (C=O) groups excluding carboxylic acids is 1. The van der Waals surface area contributed by atoms with Crippen LogP contribution in [0.4, 0.5) is 0 Å². The summed E-state index contributed by atoms with van der Waals surface area (Å²) in [6.07, 6.45) is 8.09. The molecule has 0 saturated carbocycles. The normalized spacial score (nSPS) is 17.8. The number of benzene rings is 1. The van der Waals surface area contributed by atoms with E-state index in [9.17, 15) is 4.79 Å². The van der Waals surface area contributed by atoms with Crippen molar-refractivity contribution >= 4 is 16.8 Å². The molecule has 0 aliphatic carbocycles. The largest absolute Gasteiger partial charge is 0.350 e. The van der Waals surface area contributed by atoms with Crippen LogP contribution in [0.1, 0.15) is 47.3 Å². The number of likely N-dealkylation sites (tertiary alicyclic amines) is 1. The second-order valence-electron chi connectivity index (χ2n) is 7.38. The molecule has 0 bridgehead atoms. The van der Waals surface area contributed by atoms with Crippen LogP contribution >= 0.6 is 0 Å². The SMILES string of the molecule is Cc1ccc2[nH]c(C(=O)N3CCCCC3CCn3cccn3)c(C)c2c1. The van der Waals surface area contributed by atoms with E-state index in [1.807, 2.05) is 23.9 Å². The van der Waals surface area contributed by atoms with Crippen molar-refractivity contribution in [1.82, 2.24) is 19.7 Å². The lowest BCUT2D eigenvalue weighted by atomic mass is 9.98. The number of hydrogen-bond acceptors (Lipinski definition) is 2. The molecule has 1 atom stereocenters. The third-order valence-electron chi connectivity index (χ3n) is 5.57. The number of piperidine rings is 1. The minimum Gasteiger partial charge on any atom is -0.350 e. The van der Waals surface area contributed by atoms with E-state index >= 15 is 0 Å². The van der Waals surface area contributed by atoms with Crippen LogP contribution in [0, 0.1) is 13.8 Å². The number of amides is 1. The number of rotatable bonds is 4. The van der Waals surface area contributed by atoms with Gasteiger partial charge in [0.15, 0.2) is 0 Å². The molecule has 5 nitrogen and oxygen atoms in total. The molecule has 1 aromatic carbocycles. The first-order valence-electron chi connectivity index (χ1n) is 9.51. The number of aryl methyl sites for hydroxylation is 3. The van der Waals surface area contributed by atoms with E-state index in [0.29, 0.717) is 0 Å². The molecule has 1 aliphatic rings. The number of H-pyrrole nitrogens is 1. The predicted molar refractivity (Wildman–Crippen MR) is 103 cm³/mol. The number of aromatic amines is 1. The molecule has 3 aromatic rings. The van der Waals surface area contributed by atoms with E-state index in [2.05, 4.69) is 40.1 Å². The Labute approximate surface area is 154 Å². The third-order valence-corrected chi connectivity index (χ3v) is 5.57. The maximum Gasteiger partial charge on any atom is 0.270 e. The van der Waals surface area contributed by atoms with Crippen molar-refractivity contribution in [3.63, 3.8) is 0 Å². The summed E-state index contributed by atoms with van der Waals surface area (Å²) >= 11 is 0. The second kappa shape index (κ2) is 6.98. The van der Waals surface area contributed by atoms with Crippen molar-refractivity contribution in [3.05, 3.63) is 53.5 Å². The van der Waals surface area contributed by atoms with Gasteiger partial charge in [-0.05, 0) is 63.3 Å². The van der Waals surface area contributed by atoms with Crippen LogP contribution in [0.3, 0.4) is 0 Å². The fourth-order valence-electron chi connectivity index (χ4n) is 4.08. The molecule has 0 spiro atoms. The van der Waals surface area contributed by atoms with Crippen LogP contribution in [-0.2, 0) is 6.54 Å². The monoisotopic (exact) mass is 350 g/mol. The molecule has 136 valence electrons. The van der Waals surface area contributed by atoms with Crippen LogP contribution in [0.2, 0.25) is 0 Å². The first-order chi connectivity index (χ1) is 12.6. The Morgan fingerprint density at radius 2 is 2.19 bits per heavy atom. The Bertz CT molecular complexity index is 910. The Balaban J connectivity index is 1.57. The highest BCUT2D eigenvalue weighted by atomic mass is 16.2. The summed E-state index contributed by atoms with van der Waals surface area (Å²) in [7, 11) is 0. The fraction of sp³-hybridized carbons (Fsp3) is 0.429. The Hall–Kier alpha value is -2.56. The van der Waals surface area contributed by atoms with Crippen molar-refractivity contribution in [2.75, 3.05) is 6.54 Å². The highest BCUT2D eigenvalue weighted by Gasteiger charge is 2.29. The van der Waals surface area contributed by atoms with Crippen molar-refractivity contribution in [3.8, 4) is 0 Å². The molecule has 5 heteroatoms. The molecule has 1 aliphatic heterocycles. The third kappa shape index (κ3) is 3.14. The maximum atomic E-state index is 13.3. The highest BCUT2D eigenvalue weighted by Crippen LogP contribution is 2.27. The standard InChI is InChI=1S/C21H26N4O/c1-15-7-8-19-18(14-15)16(2)20(23-19)21(26)25-12-4-3-6-17(25)9-13-24-11-5-10-22-24/h5,7-8,10-11,14,17,23H,3-4,6,9,12-13H2,1-2H3. The van der Waals surface area contributed by atoms with Gasteiger partial charge in [-0.3, -0.25) is 9.48 Å². The Morgan fingerprint density at radius 1 is 1.31 bits per heavy atom. The van der Waals surface area contributed by atoms with Crippen LogP contribution in [0.15, 0.2) is 36.7 Å². The molecule has 3 heterocycles. The van der Waals surface area contributed by atoms with Gasteiger partial charge in [0.1, 0.15) is 5.69 Å². The van der Waals surface area contributed by atoms with Gasteiger partial charge in [0, 0.05) is 42.4 Å². The molecule has 1 N–H and O–H groups in total. The van der Waals surface area contributed by atoms with Crippen LogP contribution in [-0.4, -0.2) is 38.2 Å². The van der Waals surface area contributed by atoms with Crippen LogP contribution < -0.4 is 0 Å². The minimum absolute atomic E-state index is 0.140. The number of hydrogen-bond donors (Lipinski definition) is 1. The van der Waals surface area contributed by atoms with E-state index < -0.39 is 0 Å². The van der Waals surface area contributed by atoms with Gasteiger partial charge in [-0.1, -0.05) is 11.6 Å². The van der Waals surface area contributed by atoms with Gasteiger partial charge >= 0.3 is 0 Å². The van der Waals surface area contributed by atoms with Crippen molar-refractivity contribution in [2.45, 2.75) is 52.1 Å². The maximum absolute atomic E-state index is 13.3. The van der Waals surface area contributed by atoms with Gasteiger partial charge in [0.25, 0.3) is 5.91 Å². The van der Waals surface area contributed by atoms with Crippen LogP contribution in [0.5, 0.6) is 0 Å². The average molecular weight is 350 g/mol. The quantitative estimate of drug-likeness (QED) is 0.771. The smallest absolute Gasteiger partial charge is 0.270 e. The van der Waals surface area contributed by atoms with E-state index in [0.717, 1.165) is 54.5 Å². The first-order valence-corrected chi connectivity index (χ1v) is 9.51. The summed E-state index contributed by atoms with van der Waals surface area (Å²) < 4.78 is 1.95. The lowest BCUT2D eigenvalue weighted by molar-refractivity contribution is 0.0588. The van der Waals surface area contributed by atoms with E-state index in [1.165, 1.54) is 12.0 Å². The summed E-state index contributed by atoms with van der Waals surface area (Å²) in [4.78, 5) is 18.8. The summed E-state index contributed by atoms with van der Waals surface area (Å²) in [6, 6.07) is 8.54. The number of nitrogens with zero attached hydrogens (tertiary/aromatic N) is 3. The molecular formula is C21H26N4O. The first kappa shape index (κ1) is 16.9. The van der Waals surface area contributed by atoms with Gasteiger partial charge in [-0.25, -0.2) is 0 Å². The zero-order valence-corrected chi connectivity index (χ0v) is 15.5. The molecule has 2 aromatic heterocycles. The fourth-order valence-corrected chi connectivity index (χ4v) is 4.08. The Kier molecular flexibility index (Phi) is 4.53. The summed E-state index contributed by atoms with van der Waals surface area (Å²) in [5, 5.41) is 5.44. The van der Waals surface area contributed by atoms with Gasteiger partial charge in [0.05, 0.1) is 0 Å². The molecule has 4 rings (SSSR count). The highest BCUT2D eigenvalue weighted by molar-refractivity contribution is 6.01. The van der Waals surface area contributed by atoms with Crippen molar-refractivity contribution < 1.29 is 4.79 Å². The van der Waals surface area contributed by atoms with E-state index in [-0.39, 0.29) is 11.9 Å². The van der Waals surface area contributed by atoms with Crippen molar-refractivity contribution in [2.24, 2.45) is 0 Å². The summed E-state index contributed by atoms with van der Waals surface area (Å²) in [6.45, 7) is 5.83. The number of carbonyl (C=O) groups is 1. The number of aromatic nitrogens is 3. The van der Waals surface area contributed by atoms with E-state index in [1.54, 1.807) is 6.20 Å². The summed E-state index contributed by atoms with van der Waals surface area (Å²) in [5.41, 5.74) is 4.07. The van der Waals surface area contributed by atoms with E-state index in [4.69, 9.17) is 0 Å². The number of nitrogens with one attached hydrogen (secondary N) is 1. The Morgan fingerprint density at radius 3 is 3.00 bits per heavy atom. The van der Waals surface area contributed by atoms with Crippen LogP contribution in [0.25, 0.3) is 10.9 Å². The molecule has 1 saturated heterocycles. The molecule has 0 radical (unpaired) electrons.